The molecule has 0 heterocycles. The minimum Gasteiger partial charge on any atom is -1.00 e. The number of hydrogen-bond donors (Lipinski definition) is 3. The van der Waals surface area contributed by atoms with Gasteiger partial charge in [-0.05, 0) is 66.9 Å². The molecule has 176 valence electrons. The van der Waals surface area contributed by atoms with Crippen molar-refractivity contribution in [3.63, 3.8) is 0 Å². The van der Waals surface area contributed by atoms with E-state index in [9.17, 15) is 23.4 Å². The zero-order valence-corrected chi connectivity index (χ0v) is 23.0. The molecule has 2 atom stereocenters. The Balaban J connectivity index is 0.00000306. The number of aromatic carboxylic acids is 1. The van der Waals surface area contributed by atoms with Crippen LogP contribution in [0.1, 0.15) is 35.9 Å². The molecule has 0 aliphatic rings. The molecule has 0 fully saturated rings. The molecule has 0 unspecified atom stereocenters. The summed E-state index contributed by atoms with van der Waals surface area (Å²) in [5, 5.41) is 23.7. The van der Waals surface area contributed by atoms with Gasteiger partial charge in [-0.2, -0.15) is 0 Å². The van der Waals surface area contributed by atoms with Gasteiger partial charge in [-0.1, -0.05) is 47.5 Å². The molecule has 34 heavy (non-hydrogen) atoms. The molecular weight excluding hydrogens is 508 g/mol. The maximum atomic E-state index is 13.0. The largest absolute Gasteiger partial charge is 1.00 e. The van der Waals surface area contributed by atoms with Gasteiger partial charge in [-0.3, -0.25) is 0 Å². The van der Waals surface area contributed by atoms with Gasteiger partial charge in [0.05, 0.1) is 21.5 Å². The standard InChI is InChI=1S/C24H23Cl2NO5S.Na.H/c1-15(27-14-22(28)17-3-2-4-18(25)12-17)11-16-5-8-20(9-6-16)33(31,32)23-10-7-19(26)13-21(23)24(29)30;;/h2-10,12-13,15,22,27-28H,11,14H2,1H3,(H,29,30);;/q;+1;-1/t15-,22-;;/m1../s1. The first-order valence-electron chi connectivity index (χ1n) is 10.1. The molecular formula is C24H24Cl2NNaO5S. The SMILES string of the molecule is C[C@H](Cc1ccc(S(=O)(=O)c2ccc(Cl)cc2C(=O)O)cc1)NC[C@@H](O)c1cccc(Cl)c1.[H-].[Na+]. The number of nitrogens with one attached hydrogen (secondary N) is 1. The number of carbonyl (C=O) groups is 1. The number of hydrogen-bond acceptors (Lipinski definition) is 5. The normalized spacial score (nSPS) is 13.1. The Morgan fingerprint density at radius 2 is 1.68 bits per heavy atom. The van der Waals surface area contributed by atoms with Crippen molar-refractivity contribution < 1.29 is 54.4 Å². The predicted molar refractivity (Wildman–Crippen MR) is 129 cm³/mol. The summed E-state index contributed by atoms with van der Waals surface area (Å²) in [6, 6.07) is 17.0. The van der Waals surface area contributed by atoms with E-state index in [1.165, 1.54) is 24.3 Å². The summed E-state index contributed by atoms with van der Waals surface area (Å²) >= 11 is 11.8. The molecule has 0 aliphatic carbocycles. The summed E-state index contributed by atoms with van der Waals surface area (Å²) in [6.07, 6.45) is -0.106. The first-order chi connectivity index (χ1) is 15.6. The van der Waals surface area contributed by atoms with Crippen LogP contribution in [-0.2, 0) is 16.3 Å². The molecule has 0 radical (unpaired) electrons. The Kier molecular flexibility index (Phi) is 10.6. The molecule has 3 aromatic carbocycles. The van der Waals surface area contributed by atoms with E-state index >= 15 is 0 Å². The maximum absolute atomic E-state index is 13.0. The first-order valence-corrected chi connectivity index (χ1v) is 12.4. The molecule has 0 aliphatic heterocycles. The molecule has 3 N–H and O–H groups in total. The third kappa shape index (κ3) is 7.29. The monoisotopic (exact) mass is 531 g/mol. The number of carboxylic acid groups (broad SMARTS) is 1. The fraction of sp³-hybridized carbons (Fsp3) is 0.208. The van der Waals surface area contributed by atoms with E-state index < -0.39 is 21.9 Å². The van der Waals surface area contributed by atoms with E-state index in [4.69, 9.17) is 23.2 Å². The Morgan fingerprint density at radius 3 is 2.29 bits per heavy atom. The molecule has 10 heteroatoms. The van der Waals surface area contributed by atoms with Gasteiger partial charge in [0, 0.05) is 22.6 Å². The topological polar surface area (TPSA) is 104 Å². The number of aliphatic hydroxyl groups is 1. The second-order valence-corrected chi connectivity index (χ2v) is 10.5. The van der Waals surface area contributed by atoms with Crippen LogP contribution in [0.5, 0.6) is 0 Å². The van der Waals surface area contributed by atoms with Crippen LogP contribution < -0.4 is 34.9 Å². The number of aliphatic hydroxyl groups excluding tert-OH is 1. The van der Waals surface area contributed by atoms with Crippen LogP contribution in [0.3, 0.4) is 0 Å². The Bertz CT molecular complexity index is 1260. The van der Waals surface area contributed by atoms with Gasteiger partial charge in [0.15, 0.2) is 0 Å². The molecule has 6 nitrogen and oxygen atoms in total. The van der Waals surface area contributed by atoms with Gasteiger partial charge < -0.3 is 17.0 Å². The average Bonchev–Trinajstić information content (AvgIpc) is 2.77. The van der Waals surface area contributed by atoms with E-state index in [2.05, 4.69) is 5.32 Å². The second-order valence-electron chi connectivity index (χ2n) is 7.68. The molecule has 0 saturated heterocycles. The zero-order valence-electron chi connectivity index (χ0n) is 19.7. The van der Waals surface area contributed by atoms with Crippen molar-refractivity contribution in [2.75, 3.05) is 6.54 Å². The molecule has 0 saturated carbocycles. The molecule has 0 bridgehead atoms. The van der Waals surface area contributed by atoms with Crippen molar-refractivity contribution in [1.82, 2.24) is 5.32 Å². The Labute approximate surface area is 232 Å². The zero-order chi connectivity index (χ0) is 24.2. The summed E-state index contributed by atoms with van der Waals surface area (Å²) < 4.78 is 26.0. The van der Waals surface area contributed by atoms with Crippen LogP contribution in [0.25, 0.3) is 0 Å². The number of rotatable bonds is 9. The van der Waals surface area contributed by atoms with Gasteiger partial charge in [-0.15, -0.1) is 0 Å². The van der Waals surface area contributed by atoms with Crippen LogP contribution in [0.4, 0.5) is 0 Å². The van der Waals surface area contributed by atoms with Crippen molar-refractivity contribution in [2.24, 2.45) is 0 Å². The van der Waals surface area contributed by atoms with Gasteiger partial charge in [0.25, 0.3) is 0 Å². The number of benzene rings is 3. The van der Waals surface area contributed by atoms with Crippen LogP contribution in [-0.4, -0.2) is 37.2 Å². The van der Waals surface area contributed by atoms with E-state index in [1.807, 2.05) is 6.92 Å². The van der Waals surface area contributed by atoms with Gasteiger partial charge >= 0.3 is 35.5 Å². The van der Waals surface area contributed by atoms with E-state index in [0.717, 1.165) is 17.2 Å². The van der Waals surface area contributed by atoms with Gasteiger partial charge in [0.2, 0.25) is 9.84 Å². The molecule has 3 rings (SSSR count). The Morgan fingerprint density at radius 1 is 1.03 bits per heavy atom. The maximum Gasteiger partial charge on any atom is 1.00 e. The molecule has 0 aromatic heterocycles. The van der Waals surface area contributed by atoms with E-state index in [-0.39, 0.29) is 57.4 Å². The fourth-order valence-corrected chi connectivity index (χ4v) is 5.21. The summed E-state index contributed by atoms with van der Waals surface area (Å²) in [5.74, 6) is -1.37. The number of sulfone groups is 1. The smallest absolute Gasteiger partial charge is 1.00 e. The molecule has 0 spiro atoms. The molecule has 0 amide bonds. The third-order valence-corrected chi connectivity index (χ3v) is 7.43. The van der Waals surface area contributed by atoms with Gasteiger partial charge in [0.1, 0.15) is 0 Å². The van der Waals surface area contributed by atoms with Crippen LogP contribution in [0.15, 0.2) is 76.5 Å². The third-order valence-electron chi connectivity index (χ3n) is 5.13. The quantitative estimate of drug-likeness (QED) is 0.364. The number of carboxylic acids is 1. The van der Waals surface area contributed by atoms with Crippen molar-refractivity contribution in [3.05, 3.63) is 93.5 Å². The van der Waals surface area contributed by atoms with E-state index in [0.29, 0.717) is 18.0 Å². The predicted octanol–water partition coefficient (Wildman–Crippen LogP) is 1.90. The summed E-state index contributed by atoms with van der Waals surface area (Å²) in [4.78, 5) is 11.2. The van der Waals surface area contributed by atoms with Crippen LogP contribution >= 0.6 is 23.2 Å². The van der Waals surface area contributed by atoms with Crippen LogP contribution in [0, 0.1) is 0 Å². The van der Waals surface area contributed by atoms with Crippen molar-refractivity contribution in [2.45, 2.75) is 35.3 Å². The Hall–Kier alpha value is -1.42. The molecule has 3 aromatic rings. The van der Waals surface area contributed by atoms with Crippen molar-refractivity contribution in [3.8, 4) is 0 Å². The van der Waals surface area contributed by atoms with Crippen LogP contribution in [0.2, 0.25) is 10.0 Å². The van der Waals surface area contributed by atoms with Gasteiger partial charge in [-0.25, -0.2) is 13.2 Å². The summed E-state index contributed by atoms with van der Waals surface area (Å²) in [5.41, 5.74) is 1.24. The summed E-state index contributed by atoms with van der Waals surface area (Å²) in [6.45, 7) is 2.30. The first kappa shape index (κ1) is 28.8. The van der Waals surface area contributed by atoms with Crippen molar-refractivity contribution >= 4 is 39.0 Å². The fourth-order valence-electron chi connectivity index (χ4n) is 3.41. The van der Waals surface area contributed by atoms with E-state index in [1.54, 1.807) is 36.4 Å². The number of halogens is 2. The van der Waals surface area contributed by atoms with Crippen molar-refractivity contribution in [1.29, 1.82) is 0 Å². The summed E-state index contributed by atoms with van der Waals surface area (Å²) in [7, 11) is -4.03. The minimum absolute atomic E-state index is 0. The second kappa shape index (κ2) is 12.5. The average molecular weight is 532 g/mol. The minimum atomic E-state index is -4.03.